The van der Waals surface area contributed by atoms with Crippen LogP contribution in [0.25, 0.3) is 0 Å². The molecule has 0 fully saturated rings. The summed E-state index contributed by atoms with van der Waals surface area (Å²) in [5.41, 5.74) is 6.65. The number of nitrogens with one attached hydrogen (secondary N) is 2. The van der Waals surface area contributed by atoms with Gasteiger partial charge in [-0.15, -0.1) is 0 Å². The van der Waals surface area contributed by atoms with E-state index in [-0.39, 0.29) is 30.4 Å². The van der Waals surface area contributed by atoms with Crippen molar-refractivity contribution in [1.29, 1.82) is 0 Å². The molecule has 5 N–H and O–H groups in total. The third-order valence-corrected chi connectivity index (χ3v) is 4.24. The number of nitrogens with two attached hydrogens (primary N) is 1. The van der Waals surface area contributed by atoms with E-state index in [2.05, 4.69) is 10.6 Å². The number of carbonyl (C=O) groups is 3. The van der Waals surface area contributed by atoms with Crippen LogP contribution in [0.4, 0.5) is 0 Å². The van der Waals surface area contributed by atoms with Gasteiger partial charge in [0.25, 0.3) is 5.91 Å². The summed E-state index contributed by atoms with van der Waals surface area (Å²) in [6.07, 6.45) is 0.175. The van der Waals surface area contributed by atoms with Crippen LogP contribution in [0, 0.1) is 0 Å². The lowest BCUT2D eigenvalue weighted by atomic mass is 10.0. The van der Waals surface area contributed by atoms with Crippen LogP contribution in [-0.4, -0.2) is 48.1 Å². The second kappa shape index (κ2) is 11.2. The van der Waals surface area contributed by atoms with Crippen molar-refractivity contribution in [1.82, 2.24) is 10.6 Å². The number of carboxylic acid groups (broad SMARTS) is 1. The fourth-order valence-electron chi connectivity index (χ4n) is 2.61. The standard InChI is InChI=1S/C21H24ClN3O5/c1-13(23)12-30-18-8-7-15(22)10-16(18)20(28)25-17(21(29)24-11-19(26)27)9-14-5-3-2-4-6-14/h2-8,10,13,17H,9,11-12,23H2,1H3,(H,24,29)(H,25,28)(H,26,27)/t13-,17+/m1/s1. The van der Waals surface area contributed by atoms with Crippen LogP contribution in [-0.2, 0) is 16.0 Å². The average Bonchev–Trinajstić information content (AvgIpc) is 2.71. The van der Waals surface area contributed by atoms with Gasteiger partial charge in [0.1, 0.15) is 24.9 Å². The Labute approximate surface area is 179 Å². The molecule has 0 saturated carbocycles. The van der Waals surface area contributed by atoms with E-state index in [4.69, 9.17) is 27.2 Å². The van der Waals surface area contributed by atoms with Crippen LogP contribution in [0.5, 0.6) is 5.75 Å². The molecule has 0 saturated heterocycles. The minimum atomic E-state index is -1.19. The molecular weight excluding hydrogens is 410 g/mol. The number of rotatable bonds is 10. The average molecular weight is 434 g/mol. The van der Waals surface area contributed by atoms with Gasteiger partial charge in [-0.05, 0) is 30.7 Å². The third-order valence-electron chi connectivity index (χ3n) is 4.01. The Morgan fingerprint density at radius 1 is 1.17 bits per heavy atom. The maximum atomic E-state index is 12.9. The highest BCUT2D eigenvalue weighted by Gasteiger charge is 2.24. The van der Waals surface area contributed by atoms with Gasteiger partial charge in [0.05, 0.1) is 5.56 Å². The maximum absolute atomic E-state index is 12.9. The van der Waals surface area contributed by atoms with Crippen molar-refractivity contribution in [2.45, 2.75) is 25.4 Å². The Balaban J connectivity index is 2.23. The smallest absolute Gasteiger partial charge is 0.322 e. The van der Waals surface area contributed by atoms with Crippen LogP contribution in [0.15, 0.2) is 48.5 Å². The minimum Gasteiger partial charge on any atom is -0.491 e. The summed E-state index contributed by atoms with van der Waals surface area (Å²) in [4.78, 5) is 36.2. The van der Waals surface area contributed by atoms with Gasteiger partial charge >= 0.3 is 5.97 Å². The van der Waals surface area contributed by atoms with Gasteiger partial charge in [-0.25, -0.2) is 0 Å². The maximum Gasteiger partial charge on any atom is 0.322 e. The zero-order valence-corrected chi connectivity index (χ0v) is 17.2. The van der Waals surface area contributed by atoms with Gasteiger partial charge in [0.2, 0.25) is 5.91 Å². The fourth-order valence-corrected chi connectivity index (χ4v) is 2.78. The molecule has 0 aliphatic carbocycles. The van der Waals surface area contributed by atoms with Gasteiger partial charge in [-0.1, -0.05) is 41.9 Å². The van der Waals surface area contributed by atoms with E-state index < -0.39 is 30.4 Å². The lowest BCUT2D eigenvalue weighted by molar-refractivity contribution is -0.138. The van der Waals surface area contributed by atoms with Gasteiger partial charge < -0.3 is 26.2 Å². The molecular formula is C21H24ClN3O5. The zero-order valence-electron chi connectivity index (χ0n) is 16.4. The number of hydrogen-bond donors (Lipinski definition) is 4. The fraction of sp³-hybridized carbons (Fsp3) is 0.286. The van der Waals surface area contributed by atoms with Crippen LogP contribution in [0.2, 0.25) is 5.02 Å². The summed E-state index contributed by atoms with van der Waals surface area (Å²) in [5, 5.41) is 14.1. The van der Waals surface area contributed by atoms with Crippen molar-refractivity contribution in [2.75, 3.05) is 13.2 Å². The number of hydrogen-bond acceptors (Lipinski definition) is 5. The Kier molecular flexibility index (Phi) is 8.64. The number of carbonyl (C=O) groups excluding carboxylic acids is 2. The number of benzene rings is 2. The largest absolute Gasteiger partial charge is 0.491 e. The summed E-state index contributed by atoms with van der Waals surface area (Å²) < 4.78 is 5.59. The van der Waals surface area contributed by atoms with Gasteiger partial charge in [0.15, 0.2) is 0 Å². The van der Waals surface area contributed by atoms with Gasteiger partial charge in [-0.2, -0.15) is 0 Å². The van der Waals surface area contributed by atoms with Crippen molar-refractivity contribution < 1.29 is 24.2 Å². The molecule has 0 aliphatic rings. The number of aliphatic carboxylic acids is 1. The molecule has 0 aromatic heterocycles. The first kappa shape index (κ1) is 23.2. The van der Waals surface area contributed by atoms with Crippen LogP contribution in [0.3, 0.4) is 0 Å². The molecule has 2 aromatic carbocycles. The van der Waals surface area contributed by atoms with E-state index in [1.54, 1.807) is 43.3 Å². The summed E-state index contributed by atoms with van der Waals surface area (Å²) >= 11 is 6.03. The summed E-state index contributed by atoms with van der Waals surface area (Å²) in [6, 6.07) is 12.4. The number of halogens is 1. The Morgan fingerprint density at radius 2 is 1.87 bits per heavy atom. The topological polar surface area (TPSA) is 131 Å². The van der Waals surface area contributed by atoms with E-state index in [0.29, 0.717) is 5.02 Å². The second-order valence-corrected chi connectivity index (χ2v) is 7.19. The summed E-state index contributed by atoms with van der Waals surface area (Å²) in [7, 11) is 0. The van der Waals surface area contributed by atoms with E-state index in [1.807, 2.05) is 6.07 Å². The Hall–Kier alpha value is -3.10. The highest BCUT2D eigenvalue weighted by atomic mass is 35.5. The van der Waals surface area contributed by atoms with E-state index in [9.17, 15) is 14.4 Å². The SMILES string of the molecule is C[C@@H](N)COc1ccc(Cl)cc1C(=O)N[C@@H](Cc1ccccc1)C(=O)NCC(=O)O. The van der Waals surface area contributed by atoms with E-state index >= 15 is 0 Å². The molecule has 9 heteroatoms. The van der Waals surface area contributed by atoms with Crippen LogP contribution < -0.4 is 21.1 Å². The molecule has 160 valence electrons. The predicted octanol–water partition coefficient (Wildman–Crippen LogP) is 1.61. The first-order valence-corrected chi connectivity index (χ1v) is 9.66. The number of amides is 2. The molecule has 0 aliphatic heterocycles. The highest BCUT2D eigenvalue weighted by molar-refractivity contribution is 6.31. The first-order chi connectivity index (χ1) is 14.3. The molecule has 2 aromatic rings. The molecule has 2 amide bonds. The van der Waals surface area contributed by atoms with Crippen molar-refractivity contribution >= 4 is 29.4 Å². The van der Waals surface area contributed by atoms with Crippen molar-refractivity contribution in [3.63, 3.8) is 0 Å². The second-order valence-electron chi connectivity index (χ2n) is 6.76. The van der Waals surface area contributed by atoms with Crippen molar-refractivity contribution in [2.24, 2.45) is 5.73 Å². The third kappa shape index (κ3) is 7.38. The molecule has 8 nitrogen and oxygen atoms in total. The molecule has 0 heterocycles. The number of ether oxygens (including phenoxy) is 1. The Morgan fingerprint density at radius 3 is 2.50 bits per heavy atom. The quantitative estimate of drug-likeness (QED) is 0.450. The molecule has 0 unspecified atom stereocenters. The number of carboxylic acids is 1. The minimum absolute atomic E-state index is 0.146. The summed E-state index contributed by atoms with van der Waals surface area (Å²) in [5.74, 6) is -2.11. The lowest BCUT2D eigenvalue weighted by Gasteiger charge is -2.20. The van der Waals surface area contributed by atoms with E-state index in [1.165, 1.54) is 6.07 Å². The van der Waals surface area contributed by atoms with Crippen molar-refractivity contribution in [3.05, 3.63) is 64.7 Å². The molecule has 2 rings (SSSR count). The van der Waals surface area contributed by atoms with E-state index in [0.717, 1.165) is 5.56 Å². The highest BCUT2D eigenvalue weighted by Crippen LogP contribution is 2.23. The first-order valence-electron chi connectivity index (χ1n) is 9.28. The molecule has 30 heavy (non-hydrogen) atoms. The monoisotopic (exact) mass is 433 g/mol. The molecule has 0 bridgehead atoms. The normalized spacial score (nSPS) is 12.5. The summed E-state index contributed by atoms with van der Waals surface area (Å²) in [6.45, 7) is 1.40. The van der Waals surface area contributed by atoms with Crippen LogP contribution >= 0.6 is 11.6 Å². The molecule has 0 radical (unpaired) electrons. The van der Waals surface area contributed by atoms with Gasteiger partial charge in [0, 0.05) is 17.5 Å². The zero-order chi connectivity index (χ0) is 22.1. The predicted molar refractivity (Wildman–Crippen MR) is 113 cm³/mol. The van der Waals surface area contributed by atoms with Crippen LogP contribution in [0.1, 0.15) is 22.8 Å². The van der Waals surface area contributed by atoms with Gasteiger partial charge in [-0.3, -0.25) is 14.4 Å². The Bertz CT molecular complexity index is 889. The lowest BCUT2D eigenvalue weighted by Crippen LogP contribution is -2.49. The molecule has 2 atom stereocenters. The van der Waals surface area contributed by atoms with Crippen molar-refractivity contribution in [3.8, 4) is 5.75 Å². The molecule has 0 spiro atoms.